The van der Waals surface area contributed by atoms with Crippen molar-refractivity contribution in [2.75, 3.05) is 13.1 Å². The zero-order chi connectivity index (χ0) is 13.7. The van der Waals surface area contributed by atoms with Crippen molar-refractivity contribution < 1.29 is 4.42 Å². The van der Waals surface area contributed by atoms with Crippen molar-refractivity contribution in [3.8, 4) is 0 Å². The summed E-state index contributed by atoms with van der Waals surface area (Å²) in [7, 11) is 0. The van der Waals surface area contributed by atoms with E-state index < -0.39 is 0 Å². The first-order chi connectivity index (χ1) is 9.22. The molecule has 0 aliphatic heterocycles. The van der Waals surface area contributed by atoms with E-state index in [1.54, 1.807) is 0 Å². The molecular weight excluding hydrogens is 236 g/mol. The van der Waals surface area contributed by atoms with Crippen LogP contribution in [0.1, 0.15) is 29.9 Å². The predicted octanol–water partition coefficient (Wildman–Crippen LogP) is 3.01. The first kappa shape index (κ1) is 14.1. The van der Waals surface area contributed by atoms with E-state index in [4.69, 9.17) is 4.42 Å². The van der Waals surface area contributed by atoms with Gasteiger partial charge < -0.3 is 9.73 Å². The molecule has 1 aliphatic rings. The molecule has 0 saturated heterocycles. The molecule has 1 aromatic heterocycles. The Balaban J connectivity index is 1.93. The van der Waals surface area contributed by atoms with Crippen LogP contribution in [0.5, 0.6) is 0 Å². The summed E-state index contributed by atoms with van der Waals surface area (Å²) in [6, 6.07) is 2.89. The van der Waals surface area contributed by atoms with Crippen LogP contribution in [0.25, 0.3) is 0 Å². The number of nitrogens with zero attached hydrogens (tertiary/aromatic N) is 1. The van der Waals surface area contributed by atoms with Gasteiger partial charge in [0, 0.05) is 31.2 Å². The van der Waals surface area contributed by atoms with Crippen LogP contribution >= 0.6 is 0 Å². The molecule has 0 atom stereocenters. The average Bonchev–Trinajstić information content (AvgIpc) is 3.14. The van der Waals surface area contributed by atoms with Gasteiger partial charge in [0.05, 0.1) is 6.54 Å². The Labute approximate surface area is 116 Å². The van der Waals surface area contributed by atoms with Crippen molar-refractivity contribution in [2.24, 2.45) is 0 Å². The molecule has 0 aromatic carbocycles. The summed E-state index contributed by atoms with van der Waals surface area (Å²) < 4.78 is 5.81. The van der Waals surface area contributed by atoms with Crippen LogP contribution in [0, 0.1) is 6.92 Å². The number of nitrogens with one attached hydrogen (secondary N) is 1. The van der Waals surface area contributed by atoms with Gasteiger partial charge in [-0.1, -0.05) is 12.2 Å². The summed E-state index contributed by atoms with van der Waals surface area (Å²) in [6.45, 7) is 13.1. The maximum Gasteiger partial charge on any atom is 0.118 e. The molecule has 0 unspecified atom stereocenters. The third kappa shape index (κ3) is 4.37. The first-order valence-corrected chi connectivity index (χ1v) is 6.98. The van der Waals surface area contributed by atoms with Gasteiger partial charge in [0.1, 0.15) is 11.5 Å². The number of rotatable bonds is 9. The summed E-state index contributed by atoms with van der Waals surface area (Å²) >= 11 is 0. The summed E-state index contributed by atoms with van der Waals surface area (Å²) in [6.07, 6.45) is 6.46. The molecule has 3 heteroatoms. The molecule has 104 valence electrons. The SMILES string of the molecule is C=CCN(CC=C)Cc1cc(CNC2CC2)oc1C. The number of hydrogen-bond donors (Lipinski definition) is 1. The van der Waals surface area contributed by atoms with E-state index in [0.29, 0.717) is 6.04 Å². The molecule has 1 heterocycles. The van der Waals surface area contributed by atoms with Gasteiger partial charge in [-0.15, -0.1) is 13.2 Å². The minimum absolute atomic E-state index is 0.715. The van der Waals surface area contributed by atoms with Crippen LogP contribution in [0.2, 0.25) is 0 Å². The molecule has 0 spiro atoms. The van der Waals surface area contributed by atoms with E-state index in [9.17, 15) is 0 Å². The fraction of sp³-hybridized carbons (Fsp3) is 0.500. The number of hydrogen-bond acceptors (Lipinski definition) is 3. The summed E-state index contributed by atoms with van der Waals surface area (Å²) in [5.41, 5.74) is 1.26. The summed E-state index contributed by atoms with van der Waals surface area (Å²) in [5, 5.41) is 3.48. The molecule has 3 nitrogen and oxygen atoms in total. The monoisotopic (exact) mass is 260 g/mol. The van der Waals surface area contributed by atoms with Gasteiger partial charge in [-0.05, 0) is 25.8 Å². The molecule has 1 aromatic rings. The molecule has 0 bridgehead atoms. The van der Waals surface area contributed by atoms with Gasteiger partial charge in [0.2, 0.25) is 0 Å². The Bertz CT molecular complexity index is 422. The van der Waals surface area contributed by atoms with Crippen molar-refractivity contribution >= 4 is 0 Å². The molecular formula is C16H24N2O. The Morgan fingerprint density at radius 1 is 1.37 bits per heavy atom. The van der Waals surface area contributed by atoms with Gasteiger partial charge in [-0.2, -0.15) is 0 Å². The van der Waals surface area contributed by atoms with Crippen molar-refractivity contribution in [1.29, 1.82) is 0 Å². The van der Waals surface area contributed by atoms with Gasteiger partial charge in [-0.3, -0.25) is 4.90 Å². The van der Waals surface area contributed by atoms with Crippen LogP contribution in [0.3, 0.4) is 0 Å². The van der Waals surface area contributed by atoms with Crippen LogP contribution in [0.4, 0.5) is 0 Å². The zero-order valence-corrected chi connectivity index (χ0v) is 11.8. The molecule has 1 fully saturated rings. The smallest absolute Gasteiger partial charge is 0.118 e. The van der Waals surface area contributed by atoms with Gasteiger partial charge in [0.15, 0.2) is 0 Å². The van der Waals surface area contributed by atoms with Crippen molar-refractivity contribution in [3.05, 3.63) is 48.5 Å². The summed E-state index contributed by atoms with van der Waals surface area (Å²) in [5.74, 6) is 2.06. The highest BCUT2D eigenvalue weighted by Gasteiger charge is 2.21. The van der Waals surface area contributed by atoms with E-state index in [2.05, 4.69) is 29.4 Å². The second kappa shape index (κ2) is 6.73. The molecule has 0 radical (unpaired) electrons. The topological polar surface area (TPSA) is 28.4 Å². The molecule has 0 amide bonds. The Hall–Kier alpha value is -1.32. The minimum Gasteiger partial charge on any atom is -0.465 e. The third-order valence-corrected chi connectivity index (χ3v) is 3.38. The molecule has 2 rings (SSSR count). The van der Waals surface area contributed by atoms with E-state index >= 15 is 0 Å². The van der Waals surface area contributed by atoms with Crippen molar-refractivity contribution in [3.63, 3.8) is 0 Å². The fourth-order valence-corrected chi connectivity index (χ4v) is 2.17. The minimum atomic E-state index is 0.715. The van der Waals surface area contributed by atoms with Crippen LogP contribution in [0.15, 0.2) is 35.8 Å². The summed E-state index contributed by atoms with van der Waals surface area (Å²) in [4.78, 5) is 2.29. The maximum atomic E-state index is 5.81. The quantitative estimate of drug-likeness (QED) is 0.692. The Morgan fingerprint density at radius 3 is 2.63 bits per heavy atom. The number of aryl methyl sites for hydroxylation is 1. The maximum absolute atomic E-state index is 5.81. The van der Waals surface area contributed by atoms with E-state index in [1.807, 2.05) is 19.1 Å². The molecule has 19 heavy (non-hydrogen) atoms. The van der Waals surface area contributed by atoms with Crippen LogP contribution < -0.4 is 5.32 Å². The largest absolute Gasteiger partial charge is 0.465 e. The molecule has 1 saturated carbocycles. The van der Waals surface area contributed by atoms with E-state index in [1.165, 1.54) is 18.4 Å². The van der Waals surface area contributed by atoms with Gasteiger partial charge in [-0.25, -0.2) is 0 Å². The predicted molar refractivity (Wildman–Crippen MR) is 79.0 cm³/mol. The Morgan fingerprint density at radius 2 is 2.05 bits per heavy atom. The second-order valence-electron chi connectivity index (χ2n) is 5.22. The van der Waals surface area contributed by atoms with E-state index in [-0.39, 0.29) is 0 Å². The fourth-order valence-electron chi connectivity index (χ4n) is 2.17. The lowest BCUT2D eigenvalue weighted by atomic mass is 10.2. The number of furan rings is 1. The van der Waals surface area contributed by atoms with Gasteiger partial charge >= 0.3 is 0 Å². The molecule has 1 N–H and O–H groups in total. The van der Waals surface area contributed by atoms with Gasteiger partial charge in [0.25, 0.3) is 0 Å². The normalized spacial score (nSPS) is 14.8. The van der Waals surface area contributed by atoms with Crippen molar-refractivity contribution in [2.45, 2.75) is 38.9 Å². The third-order valence-electron chi connectivity index (χ3n) is 3.38. The van der Waals surface area contributed by atoms with Crippen LogP contribution in [-0.2, 0) is 13.1 Å². The zero-order valence-electron chi connectivity index (χ0n) is 11.8. The average molecular weight is 260 g/mol. The highest BCUT2D eigenvalue weighted by Crippen LogP contribution is 2.21. The lowest BCUT2D eigenvalue weighted by Crippen LogP contribution is -2.23. The molecule has 1 aliphatic carbocycles. The Kier molecular flexibility index (Phi) is 5.00. The highest BCUT2D eigenvalue weighted by molar-refractivity contribution is 5.21. The van der Waals surface area contributed by atoms with Crippen molar-refractivity contribution in [1.82, 2.24) is 10.2 Å². The lowest BCUT2D eigenvalue weighted by molar-refractivity contribution is 0.324. The van der Waals surface area contributed by atoms with E-state index in [0.717, 1.165) is 37.7 Å². The second-order valence-corrected chi connectivity index (χ2v) is 5.22. The standard InChI is InChI=1S/C16H24N2O/c1-4-8-18(9-5-2)12-14-10-16(19-13(14)3)11-17-15-6-7-15/h4-5,10,15,17H,1-2,6-9,11-12H2,3H3. The highest BCUT2D eigenvalue weighted by atomic mass is 16.3. The first-order valence-electron chi connectivity index (χ1n) is 6.98. The van der Waals surface area contributed by atoms with Crippen LogP contribution in [-0.4, -0.2) is 24.0 Å². The lowest BCUT2D eigenvalue weighted by Gasteiger charge is -2.17.